The van der Waals surface area contributed by atoms with Crippen LogP contribution in [0.15, 0.2) is 0 Å². The average molecular weight is 213 g/mol. The fourth-order valence-electron chi connectivity index (χ4n) is 1.69. The van der Waals surface area contributed by atoms with E-state index in [-0.39, 0.29) is 24.4 Å². The van der Waals surface area contributed by atoms with Crippen LogP contribution in [0.1, 0.15) is 12.8 Å². The molecule has 0 aromatic rings. The first-order valence-corrected chi connectivity index (χ1v) is 5.22. The van der Waals surface area contributed by atoms with Crippen LogP contribution in [0.25, 0.3) is 0 Å². The van der Waals surface area contributed by atoms with E-state index in [1.54, 1.807) is 0 Å². The lowest BCUT2D eigenvalue weighted by molar-refractivity contribution is -0.199. The van der Waals surface area contributed by atoms with Crippen molar-refractivity contribution in [2.75, 3.05) is 26.2 Å². The van der Waals surface area contributed by atoms with E-state index >= 15 is 0 Å². The van der Waals surface area contributed by atoms with Gasteiger partial charge in [0.05, 0.1) is 13.2 Å². The Bertz CT molecular complexity index is 253. The Labute approximate surface area is 87.9 Å². The molecule has 6 nitrogen and oxygen atoms in total. The van der Waals surface area contributed by atoms with E-state index in [9.17, 15) is 9.59 Å². The minimum Gasteiger partial charge on any atom is -0.353 e. The van der Waals surface area contributed by atoms with Crippen molar-refractivity contribution in [3.8, 4) is 0 Å². The van der Waals surface area contributed by atoms with Crippen LogP contribution in [0, 0.1) is 0 Å². The van der Waals surface area contributed by atoms with Crippen molar-refractivity contribution in [2.45, 2.75) is 18.9 Å². The van der Waals surface area contributed by atoms with Crippen molar-refractivity contribution >= 4 is 11.8 Å². The van der Waals surface area contributed by atoms with E-state index in [1.807, 2.05) is 0 Å². The van der Waals surface area contributed by atoms with Gasteiger partial charge >= 0.3 is 0 Å². The first-order chi connectivity index (χ1) is 7.27. The third kappa shape index (κ3) is 2.45. The lowest BCUT2D eigenvalue weighted by Gasteiger charge is -2.31. The van der Waals surface area contributed by atoms with E-state index < -0.39 is 0 Å². The normalized spacial score (nSPS) is 27.3. The summed E-state index contributed by atoms with van der Waals surface area (Å²) in [5.41, 5.74) is 0. The Hall–Kier alpha value is -1.14. The fraction of sp³-hybridized carbons (Fsp3) is 0.778. The summed E-state index contributed by atoms with van der Waals surface area (Å²) in [4.78, 5) is 28.0. The van der Waals surface area contributed by atoms with Crippen molar-refractivity contribution < 1.29 is 14.4 Å². The maximum atomic E-state index is 11.8. The molecule has 2 fully saturated rings. The highest BCUT2D eigenvalue weighted by molar-refractivity contribution is 5.86. The van der Waals surface area contributed by atoms with Gasteiger partial charge in [-0.15, -0.1) is 0 Å². The molecule has 2 amide bonds. The van der Waals surface area contributed by atoms with Gasteiger partial charge in [-0.1, -0.05) is 0 Å². The quantitative estimate of drug-likeness (QED) is 0.563. The molecule has 2 heterocycles. The minimum atomic E-state index is -0.346. The zero-order valence-electron chi connectivity index (χ0n) is 8.49. The van der Waals surface area contributed by atoms with Gasteiger partial charge in [0.1, 0.15) is 6.04 Å². The van der Waals surface area contributed by atoms with Crippen LogP contribution in [-0.2, 0) is 14.4 Å². The second-order valence-electron chi connectivity index (χ2n) is 3.72. The molecule has 1 atom stereocenters. The number of carbonyl (C=O) groups is 2. The smallest absolute Gasteiger partial charge is 0.265 e. The van der Waals surface area contributed by atoms with Crippen molar-refractivity contribution in [3.63, 3.8) is 0 Å². The maximum absolute atomic E-state index is 11.8. The summed E-state index contributed by atoms with van der Waals surface area (Å²) in [5, 5.41) is 6.93. The molecule has 0 aromatic heterocycles. The van der Waals surface area contributed by atoms with Gasteiger partial charge in [0.2, 0.25) is 5.91 Å². The number of rotatable bonds is 1. The monoisotopic (exact) mass is 213 g/mol. The van der Waals surface area contributed by atoms with E-state index in [2.05, 4.69) is 10.6 Å². The van der Waals surface area contributed by atoms with Gasteiger partial charge in [0, 0.05) is 13.1 Å². The van der Waals surface area contributed by atoms with Crippen molar-refractivity contribution in [2.24, 2.45) is 0 Å². The van der Waals surface area contributed by atoms with Crippen LogP contribution in [0.4, 0.5) is 0 Å². The predicted octanol–water partition coefficient (Wildman–Crippen LogP) is -1.37. The van der Waals surface area contributed by atoms with E-state index in [1.165, 1.54) is 5.06 Å². The predicted molar refractivity (Wildman–Crippen MR) is 51.7 cm³/mol. The average Bonchev–Trinajstić information content (AvgIpc) is 2.30. The summed E-state index contributed by atoms with van der Waals surface area (Å²) < 4.78 is 0. The zero-order chi connectivity index (χ0) is 10.7. The number of nitrogens with zero attached hydrogens (tertiary/aromatic N) is 1. The third-order valence-corrected chi connectivity index (χ3v) is 2.56. The molecule has 0 spiro atoms. The standard InChI is InChI=1S/C9H15N3O3/c13-8-6-10-7(5-11-8)9(14)12-3-1-2-4-15-12/h7,10H,1-6H2,(H,11,13). The highest BCUT2D eigenvalue weighted by Gasteiger charge is 2.29. The van der Waals surface area contributed by atoms with Crippen molar-refractivity contribution in [1.82, 2.24) is 15.7 Å². The number of hydroxylamine groups is 2. The number of carbonyl (C=O) groups excluding carboxylic acids is 2. The number of hydrogen-bond donors (Lipinski definition) is 2. The second-order valence-corrected chi connectivity index (χ2v) is 3.72. The molecule has 0 aliphatic carbocycles. The maximum Gasteiger partial charge on any atom is 0.265 e. The third-order valence-electron chi connectivity index (χ3n) is 2.56. The van der Waals surface area contributed by atoms with Gasteiger partial charge in [0.25, 0.3) is 5.91 Å². The van der Waals surface area contributed by atoms with Gasteiger partial charge in [0.15, 0.2) is 0 Å². The van der Waals surface area contributed by atoms with E-state index in [0.717, 1.165) is 12.8 Å². The van der Waals surface area contributed by atoms with Crippen LogP contribution in [0.2, 0.25) is 0 Å². The summed E-state index contributed by atoms with van der Waals surface area (Å²) in [6.07, 6.45) is 1.98. The van der Waals surface area contributed by atoms with Crippen LogP contribution in [-0.4, -0.2) is 49.2 Å². The molecule has 2 aliphatic rings. The van der Waals surface area contributed by atoms with Crippen molar-refractivity contribution in [3.05, 3.63) is 0 Å². The fourth-order valence-corrected chi connectivity index (χ4v) is 1.69. The summed E-state index contributed by atoms with van der Waals surface area (Å²) in [6, 6.07) is -0.346. The largest absolute Gasteiger partial charge is 0.353 e. The SMILES string of the molecule is O=C1CNC(C(=O)N2CCCCO2)CN1. The molecule has 0 radical (unpaired) electrons. The second kappa shape index (κ2) is 4.59. The van der Waals surface area contributed by atoms with E-state index in [0.29, 0.717) is 19.7 Å². The van der Waals surface area contributed by atoms with Gasteiger partial charge in [-0.05, 0) is 12.8 Å². The van der Waals surface area contributed by atoms with Gasteiger partial charge in [-0.2, -0.15) is 0 Å². The minimum absolute atomic E-state index is 0.0707. The highest BCUT2D eigenvalue weighted by Crippen LogP contribution is 2.08. The van der Waals surface area contributed by atoms with Gasteiger partial charge < -0.3 is 5.32 Å². The van der Waals surface area contributed by atoms with Crippen LogP contribution < -0.4 is 10.6 Å². The number of nitrogens with one attached hydrogen (secondary N) is 2. The molecule has 1 unspecified atom stereocenters. The molecule has 0 aromatic carbocycles. The van der Waals surface area contributed by atoms with Gasteiger partial charge in [-0.25, -0.2) is 5.06 Å². The van der Waals surface area contributed by atoms with Crippen LogP contribution >= 0.6 is 0 Å². The molecule has 2 saturated heterocycles. The Morgan fingerprint density at radius 3 is 2.93 bits per heavy atom. The molecule has 0 bridgehead atoms. The molecule has 6 heteroatoms. The summed E-state index contributed by atoms with van der Waals surface area (Å²) in [5.74, 6) is -0.159. The number of amides is 2. The highest BCUT2D eigenvalue weighted by atomic mass is 16.7. The summed E-state index contributed by atoms with van der Waals surface area (Å²) >= 11 is 0. The van der Waals surface area contributed by atoms with E-state index in [4.69, 9.17) is 4.84 Å². The first kappa shape index (κ1) is 10.4. The van der Waals surface area contributed by atoms with Crippen LogP contribution in [0.5, 0.6) is 0 Å². The topological polar surface area (TPSA) is 70.7 Å². The summed E-state index contributed by atoms with van der Waals surface area (Å²) in [7, 11) is 0. The van der Waals surface area contributed by atoms with Crippen LogP contribution in [0.3, 0.4) is 0 Å². The summed E-state index contributed by atoms with van der Waals surface area (Å²) in [6.45, 7) is 1.79. The molecule has 2 aliphatic heterocycles. The molecule has 84 valence electrons. The number of piperazine rings is 1. The Kier molecular flexibility index (Phi) is 3.17. The first-order valence-electron chi connectivity index (χ1n) is 5.22. The lowest BCUT2D eigenvalue weighted by Crippen LogP contribution is -2.59. The Morgan fingerprint density at radius 2 is 2.33 bits per heavy atom. The number of hydrogen-bond acceptors (Lipinski definition) is 4. The lowest BCUT2D eigenvalue weighted by atomic mass is 10.2. The zero-order valence-corrected chi connectivity index (χ0v) is 8.49. The molecule has 0 saturated carbocycles. The Morgan fingerprint density at radius 1 is 1.47 bits per heavy atom. The molecular formula is C9H15N3O3. The van der Waals surface area contributed by atoms with Gasteiger partial charge in [-0.3, -0.25) is 19.7 Å². The van der Waals surface area contributed by atoms with Crippen molar-refractivity contribution in [1.29, 1.82) is 0 Å². The molecule has 2 N–H and O–H groups in total. The molecular weight excluding hydrogens is 198 g/mol. The molecule has 15 heavy (non-hydrogen) atoms. The Balaban J connectivity index is 1.86. The molecule has 2 rings (SSSR count).